The van der Waals surface area contributed by atoms with Gasteiger partial charge in [-0.2, -0.15) is 0 Å². The third-order valence-corrected chi connectivity index (χ3v) is 11.2. The molecule has 12 aromatic rings. The maximum atomic E-state index is 6.96. The van der Waals surface area contributed by atoms with Gasteiger partial charge < -0.3 is 23.1 Å². The Balaban J connectivity index is 1.14. The Morgan fingerprint density at radius 2 is 0.949 bits per heavy atom. The molecule has 0 N–H and O–H groups in total. The molecule has 3 aromatic heterocycles. The van der Waals surface area contributed by atoms with Gasteiger partial charge in [0.15, 0.2) is 5.58 Å². The minimum absolute atomic E-state index is 0.504. The van der Waals surface area contributed by atoms with E-state index in [9.17, 15) is 0 Å². The minimum Gasteiger partial charge on any atom is -0.456 e. The molecule has 0 saturated carbocycles. The summed E-state index contributed by atoms with van der Waals surface area (Å²) >= 11 is 0. The zero-order chi connectivity index (χ0) is 38.9. The zero-order valence-electron chi connectivity index (χ0n) is 31.6. The van der Waals surface area contributed by atoms with Crippen LogP contribution in [0.4, 0.5) is 34.1 Å². The number of hydrogen-bond donors (Lipinski definition) is 0. The number of hydrogen-bond acceptors (Lipinski definition) is 6. The Morgan fingerprint density at radius 3 is 1.73 bits per heavy atom. The van der Waals surface area contributed by atoms with Gasteiger partial charge in [0.2, 0.25) is 5.89 Å². The van der Waals surface area contributed by atoms with E-state index in [-0.39, 0.29) is 0 Å². The van der Waals surface area contributed by atoms with Crippen LogP contribution >= 0.6 is 0 Å². The van der Waals surface area contributed by atoms with E-state index < -0.39 is 0 Å². The van der Waals surface area contributed by atoms with Crippen molar-refractivity contribution in [1.29, 1.82) is 0 Å². The summed E-state index contributed by atoms with van der Waals surface area (Å²) in [6.45, 7) is 0. The second-order valence-corrected chi connectivity index (χ2v) is 14.8. The molecule has 6 heteroatoms. The molecule has 0 atom stereocenters. The van der Waals surface area contributed by atoms with E-state index in [0.717, 1.165) is 94.3 Å². The number of para-hydroxylation sites is 4. The SMILES string of the molecule is c1ccc(N(c2cc(N(c3ccccc3)c3cccc4ccccc34)c3oc(-c4ccc5c(c4)oc4ccccc45)nc3c2)c2ccc3oc4ccccc4c3c2)cc1. The maximum Gasteiger partial charge on any atom is 0.227 e. The Labute approximate surface area is 338 Å². The van der Waals surface area contributed by atoms with Crippen LogP contribution in [0.25, 0.3) is 77.2 Å². The molecule has 0 amide bonds. The highest BCUT2D eigenvalue weighted by molar-refractivity contribution is 6.09. The molecule has 0 aliphatic carbocycles. The zero-order valence-corrected chi connectivity index (χ0v) is 31.6. The second kappa shape index (κ2) is 13.3. The molecule has 0 aliphatic rings. The lowest BCUT2D eigenvalue weighted by atomic mass is 10.1. The largest absolute Gasteiger partial charge is 0.456 e. The molecule has 9 aromatic carbocycles. The van der Waals surface area contributed by atoms with Crippen molar-refractivity contribution in [3.63, 3.8) is 0 Å². The van der Waals surface area contributed by atoms with Crippen LogP contribution in [0.1, 0.15) is 0 Å². The van der Waals surface area contributed by atoms with Crippen molar-refractivity contribution < 1.29 is 13.3 Å². The van der Waals surface area contributed by atoms with Gasteiger partial charge >= 0.3 is 0 Å². The number of fused-ring (bicyclic) bond motifs is 8. The molecular weight excluding hydrogens is 727 g/mol. The van der Waals surface area contributed by atoms with Gasteiger partial charge in [-0.3, -0.25) is 0 Å². The number of anilines is 6. The minimum atomic E-state index is 0.504. The van der Waals surface area contributed by atoms with E-state index in [2.05, 4.69) is 161 Å². The van der Waals surface area contributed by atoms with Crippen LogP contribution in [0.2, 0.25) is 0 Å². The van der Waals surface area contributed by atoms with Crippen LogP contribution < -0.4 is 9.80 Å². The maximum absolute atomic E-state index is 6.96. The number of nitrogens with zero attached hydrogens (tertiary/aromatic N) is 3. The van der Waals surface area contributed by atoms with E-state index in [1.165, 1.54) is 0 Å². The molecular formula is C53H33N3O3. The van der Waals surface area contributed by atoms with E-state index in [1.54, 1.807) is 0 Å². The van der Waals surface area contributed by atoms with Gasteiger partial charge in [-0.05, 0) is 96.4 Å². The Hall–Kier alpha value is -8.09. The summed E-state index contributed by atoms with van der Waals surface area (Å²) in [6.07, 6.45) is 0. The first-order valence-corrected chi connectivity index (χ1v) is 19.7. The van der Waals surface area contributed by atoms with Gasteiger partial charge in [-0.1, -0.05) is 109 Å². The number of benzene rings is 9. The van der Waals surface area contributed by atoms with Crippen molar-refractivity contribution in [2.45, 2.75) is 0 Å². The average molecular weight is 760 g/mol. The molecule has 0 radical (unpaired) electrons. The van der Waals surface area contributed by atoms with Gasteiger partial charge in [0, 0.05) is 49.6 Å². The molecule has 278 valence electrons. The summed E-state index contributed by atoms with van der Waals surface area (Å²) in [5.41, 5.74) is 11.3. The van der Waals surface area contributed by atoms with Gasteiger partial charge in [0.1, 0.15) is 27.8 Å². The summed E-state index contributed by atoms with van der Waals surface area (Å²) < 4.78 is 19.6. The van der Waals surface area contributed by atoms with Gasteiger partial charge in [0.25, 0.3) is 0 Å². The van der Waals surface area contributed by atoms with Crippen LogP contribution in [-0.4, -0.2) is 4.98 Å². The lowest BCUT2D eigenvalue weighted by Gasteiger charge is -2.30. The van der Waals surface area contributed by atoms with E-state index in [0.29, 0.717) is 17.0 Å². The Morgan fingerprint density at radius 1 is 0.339 bits per heavy atom. The normalized spacial score (nSPS) is 11.7. The summed E-state index contributed by atoms with van der Waals surface area (Å²) in [5.74, 6) is 0.504. The molecule has 6 nitrogen and oxygen atoms in total. The number of rotatable bonds is 7. The molecule has 12 rings (SSSR count). The van der Waals surface area contributed by atoms with Crippen molar-refractivity contribution >= 4 is 99.9 Å². The first-order chi connectivity index (χ1) is 29.2. The lowest BCUT2D eigenvalue weighted by molar-refractivity contribution is 0.619. The quantitative estimate of drug-likeness (QED) is 0.161. The Bertz CT molecular complexity index is 3520. The predicted molar refractivity (Wildman–Crippen MR) is 241 cm³/mol. The third kappa shape index (κ3) is 5.46. The predicted octanol–water partition coefficient (Wildman–Crippen LogP) is 15.4. The number of oxazole rings is 1. The summed E-state index contributed by atoms with van der Waals surface area (Å²) in [5, 5.41) is 6.51. The highest BCUT2D eigenvalue weighted by Gasteiger charge is 2.25. The van der Waals surface area contributed by atoms with Crippen LogP contribution in [-0.2, 0) is 0 Å². The van der Waals surface area contributed by atoms with Crippen molar-refractivity contribution in [3.8, 4) is 11.5 Å². The molecule has 0 saturated heterocycles. The highest BCUT2D eigenvalue weighted by atomic mass is 16.4. The van der Waals surface area contributed by atoms with Crippen LogP contribution in [0.3, 0.4) is 0 Å². The summed E-state index contributed by atoms with van der Waals surface area (Å²) in [7, 11) is 0. The Kier molecular flexibility index (Phi) is 7.43. The van der Waals surface area contributed by atoms with Crippen molar-refractivity contribution in [2.75, 3.05) is 9.80 Å². The fourth-order valence-electron chi connectivity index (χ4n) is 8.54. The number of furan rings is 2. The smallest absolute Gasteiger partial charge is 0.227 e. The van der Waals surface area contributed by atoms with Crippen LogP contribution in [0, 0.1) is 0 Å². The van der Waals surface area contributed by atoms with Gasteiger partial charge in [-0.25, -0.2) is 4.98 Å². The van der Waals surface area contributed by atoms with Crippen LogP contribution in [0.15, 0.2) is 213 Å². The van der Waals surface area contributed by atoms with Crippen molar-refractivity contribution in [2.24, 2.45) is 0 Å². The molecule has 59 heavy (non-hydrogen) atoms. The van der Waals surface area contributed by atoms with Gasteiger partial charge in [0.05, 0.1) is 17.1 Å². The van der Waals surface area contributed by atoms with Crippen molar-refractivity contribution in [3.05, 3.63) is 200 Å². The summed E-state index contributed by atoms with van der Waals surface area (Å²) in [4.78, 5) is 9.85. The van der Waals surface area contributed by atoms with E-state index in [1.807, 2.05) is 48.5 Å². The molecule has 0 fully saturated rings. The first kappa shape index (κ1) is 33.1. The first-order valence-electron chi connectivity index (χ1n) is 19.7. The molecule has 3 heterocycles. The lowest BCUT2D eigenvalue weighted by Crippen LogP contribution is -2.14. The molecule has 0 unspecified atom stereocenters. The second-order valence-electron chi connectivity index (χ2n) is 14.8. The number of aromatic nitrogens is 1. The van der Waals surface area contributed by atoms with Crippen molar-refractivity contribution in [1.82, 2.24) is 4.98 Å². The molecule has 0 aliphatic heterocycles. The topological polar surface area (TPSA) is 58.8 Å². The highest BCUT2D eigenvalue weighted by Crippen LogP contribution is 2.47. The molecule has 0 spiro atoms. The average Bonchev–Trinajstić information content (AvgIpc) is 4.01. The van der Waals surface area contributed by atoms with Gasteiger partial charge in [-0.15, -0.1) is 0 Å². The van der Waals surface area contributed by atoms with Crippen LogP contribution in [0.5, 0.6) is 0 Å². The summed E-state index contributed by atoms with van der Waals surface area (Å²) in [6, 6.07) is 69.1. The fourth-order valence-corrected chi connectivity index (χ4v) is 8.54. The van der Waals surface area contributed by atoms with E-state index in [4.69, 9.17) is 18.2 Å². The fraction of sp³-hybridized carbons (Fsp3) is 0. The monoisotopic (exact) mass is 759 g/mol. The van der Waals surface area contributed by atoms with E-state index >= 15 is 0 Å². The molecule has 0 bridgehead atoms. The standard InChI is InChI=1S/C53H33N3O3/c1-3-16-36(17-4-1)55(38-27-29-50-44(31-38)42-22-10-12-25-49(42)57-50)39-32-45-52(59-53(54-45)35-26-28-43-41-21-9-11-24-48(41)58-51(43)30-35)47(33-39)56(37-18-5-2-6-19-37)46-23-13-15-34-14-7-8-20-40(34)46/h1-33H. The third-order valence-electron chi connectivity index (χ3n) is 11.2.